The van der Waals surface area contributed by atoms with Crippen LogP contribution in [0, 0.1) is 0 Å². The predicted molar refractivity (Wildman–Crippen MR) is 21.3 cm³/mol. The number of hydrogen-bond acceptors (Lipinski definition) is 1. The topological polar surface area (TPSA) is 20.2 Å². The van der Waals surface area contributed by atoms with Crippen molar-refractivity contribution < 1.29 is 5.11 Å². The van der Waals surface area contributed by atoms with Gasteiger partial charge >= 0.3 is 10.1 Å². The van der Waals surface area contributed by atoms with Crippen LogP contribution < -0.4 is 0 Å². The quantitative estimate of drug-likeness (QED) is 0.357. The second-order valence-electron chi connectivity index (χ2n) is 0.316. The predicted octanol–water partition coefficient (Wildman–Crippen LogP) is -0.918. The molecule has 1 N–H and O–H groups in total. The van der Waals surface area contributed by atoms with Crippen molar-refractivity contribution in [3.05, 3.63) is 0 Å². The summed E-state index contributed by atoms with van der Waals surface area (Å²) in [6, 6.07) is 0. The van der Waals surface area contributed by atoms with Crippen molar-refractivity contribution in [1.82, 2.24) is 0 Å². The standard InChI is InChI=1S/C2H6O.Be.2H/c1-2-3;;;/h3H,2H2,1H3;;;. The number of rotatable bonds is 0. The first-order chi connectivity index (χ1) is 1.41. The Morgan fingerprint density at radius 2 is 1.75 bits per heavy atom. The van der Waals surface area contributed by atoms with Crippen LogP contribution in [0.25, 0.3) is 0 Å². The zero-order chi connectivity index (χ0) is 2.71. The average molecular weight is 57.1 g/mol. The van der Waals surface area contributed by atoms with Gasteiger partial charge in [0.15, 0.2) is 0 Å². The van der Waals surface area contributed by atoms with Crippen molar-refractivity contribution in [2.75, 3.05) is 6.61 Å². The van der Waals surface area contributed by atoms with Crippen molar-refractivity contribution in [3.8, 4) is 0 Å². The Morgan fingerprint density at radius 3 is 1.75 bits per heavy atom. The molecule has 0 fully saturated rings. The van der Waals surface area contributed by atoms with E-state index in [0.717, 1.165) is 0 Å². The summed E-state index contributed by atoms with van der Waals surface area (Å²) < 4.78 is 0. The van der Waals surface area contributed by atoms with Crippen molar-refractivity contribution in [2.45, 2.75) is 6.92 Å². The van der Waals surface area contributed by atoms with Crippen molar-refractivity contribution in [3.63, 3.8) is 0 Å². The van der Waals surface area contributed by atoms with E-state index in [4.69, 9.17) is 5.11 Å². The third kappa shape index (κ3) is 163. The SMILES string of the molecule is CCO.[BeH2]. The summed E-state index contributed by atoms with van der Waals surface area (Å²) in [5, 5.41) is 7.57. The average Bonchev–Trinajstić information content (AvgIpc) is 0.918. The van der Waals surface area contributed by atoms with E-state index in [1.54, 1.807) is 6.92 Å². The Hall–Kier alpha value is 0.129. The van der Waals surface area contributed by atoms with E-state index < -0.39 is 0 Å². The molecular weight excluding hydrogens is 49.0 g/mol. The van der Waals surface area contributed by atoms with E-state index >= 15 is 0 Å². The van der Waals surface area contributed by atoms with Gasteiger partial charge in [0.1, 0.15) is 0 Å². The first-order valence-electron chi connectivity index (χ1n) is 1.02. The van der Waals surface area contributed by atoms with Crippen LogP contribution in [-0.2, 0) is 0 Å². The molecule has 0 rings (SSSR count). The van der Waals surface area contributed by atoms with Gasteiger partial charge in [-0.15, -0.1) is 0 Å². The molecule has 1 nitrogen and oxygen atoms in total. The Balaban J connectivity index is 0. The van der Waals surface area contributed by atoms with Gasteiger partial charge in [0.2, 0.25) is 0 Å². The van der Waals surface area contributed by atoms with Crippen molar-refractivity contribution in [2.24, 2.45) is 0 Å². The van der Waals surface area contributed by atoms with Gasteiger partial charge < -0.3 is 5.11 Å². The molecule has 0 aromatic heterocycles. The summed E-state index contributed by atoms with van der Waals surface area (Å²) in [5.41, 5.74) is 0. The van der Waals surface area contributed by atoms with Gasteiger partial charge in [-0.25, -0.2) is 0 Å². The van der Waals surface area contributed by atoms with Crippen LogP contribution >= 0.6 is 0 Å². The maximum absolute atomic E-state index is 7.57. The zero-order valence-electron chi connectivity index (χ0n) is 2.15. The Kier molecular flexibility index (Phi) is 24.8. The van der Waals surface area contributed by atoms with Crippen LogP contribution in [0.3, 0.4) is 0 Å². The molecule has 0 saturated heterocycles. The van der Waals surface area contributed by atoms with Crippen LogP contribution in [0.2, 0.25) is 0 Å². The summed E-state index contributed by atoms with van der Waals surface area (Å²) in [4.78, 5) is 0. The summed E-state index contributed by atoms with van der Waals surface area (Å²) in [6.45, 7) is 1.93. The molecule has 0 amide bonds. The van der Waals surface area contributed by atoms with Crippen molar-refractivity contribution >= 4 is 10.1 Å². The molecule has 0 aromatic carbocycles. The van der Waals surface area contributed by atoms with Crippen LogP contribution in [0.15, 0.2) is 0 Å². The number of aliphatic hydroxyl groups excluding tert-OH is 1. The number of hydrogen-bond donors (Lipinski definition) is 1. The molecule has 0 aliphatic rings. The van der Waals surface area contributed by atoms with E-state index in [2.05, 4.69) is 0 Å². The normalized spacial score (nSPS) is 4.50. The van der Waals surface area contributed by atoms with Gasteiger partial charge in [-0.1, -0.05) is 0 Å². The monoisotopic (exact) mass is 57.1 g/mol. The molecule has 0 aromatic rings. The first kappa shape index (κ1) is 8.92. The molecule has 2 heteroatoms. The van der Waals surface area contributed by atoms with Gasteiger partial charge in [-0.3, -0.25) is 0 Å². The van der Waals surface area contributed by atoms with E-state index in [-0.39, 0.29) is 16.7 Å². The second kappa shape index (κ2) is 11.1. The third-order valence-corrected chi connectivity index (χ3v) is 0. The molecule has 4 heavy (non-hydrogen) atoms. The Bertz CT molecular complexity index is 6.00. The molecule has 0 spiro atoms. The van der Waals surface area contributed by atoms with E-state index in [9.17, 15) is 0 Å². The minimum atomic E-state index is 0. The zero-order valence-corrected chi connectivity index (χ0v) is 2.15. The Morgan fingerprint density at radius 1 is 1.75 bits per heavy atom. The van der Waals surface area contributed by atoms with Crippen LogP contribution in [0.4, 0.5) is 0 Å². The van der Waals surface area contributed by atoms with Gasteiger partial charge in [-0.05, 0) is 6.92 Å². The molecule has 24 valence electrons. The van der Waals surface area contributed by atoms with Gasteiger partial charge in [-0.2, -0.15) is 0 Å². The van der Waals surface area contributed by atoms with E-state index in [1.165, 1.54) is 0 Å². The maximum atomic E-state index is 7.57. The fourth-order valence-electron chi connectivity index (χ4n) is 0. The van der Waals surface area contributed by atoms with Gasteiger partial charge in [0.05, 0.1) is 0 Å². The minimum absolute atomic E-state index is 0. The second-order valence-corrected chi connectivity index (χ2v) is 0.316. The molecule has 0 unspecified atom stereocenters. The van der Waals surface area contributed by atoms with E-state index in [0.29, 0.717) is 0 Å². The van der Waals surface area contributed by atoms with Gasteiger partial charge in [0.25, 0.3) is 0 Å². The van der Waals surface area contributed by atoms with Crippen LogP contribution in [0.1, 0.15) is 6.92 Å². The third-order valence-electron chi connectivity index (χ3n) is 0. The molecule has 0 heterocycles. The number of aliphatic hydroxyl groups is 1. The van der Waals surface area contributed by atoms with Crippen LogP contribution in [-0.4, -0.2) is 21.8 Å². The molecule has 0 radical (unpaired) electrons. The molecule has 0 aliphatic heterocycles. The fourth-order valence-corrected chi connectivity index (χ4v) is 0. The summed E-state index contributed by atoms with van der Waals surface area (Å²) in [7, 11) is 0. The Labute approximate surface area is 29.9 Å². The van der Waals surface area contributed by atoms with E-state index in [1.807, 2.05) is 0 Å². The van der Waals surface area contributed by atoms with Crippen LogP contribution in [0.5, 0.6) is 0 Å². The molecule has 0 bridgehead atoms. The molecular formula is C2H8BeO. The summed E-state index contributed by atoms with van der Waals surface area (Å²) in [6.07, 6.45) is 0. The summed E-state index contributed by atoms with van der Waals surface area (Å²) in [5.74, 6) is 0. The first-order valence-corrected chi connectivity index (χ1v) is 1.02. The summed E-state index contributed by atoms with van der Waals surface area (Å²) >= 11 is 0. The fraction of sp³-hybridized carbons (Fsp3) is 1.00. The molecule has 0 aliphatic carbocycles. The van der Waals surface area contributed by atoms with Crippen molar-refractivity contribution in [1.29, 1.82) is 0 Å². The molecule has 0 saturated carbocycles. The molecule has 0 atom stereocenters. The van der Waals surface area contributed by atoms with Gasteiger partial charge in [0, 0.05) is 6.61 Å².